The molecule has 1 nitrogen and oxygen atoms in total. The Labute approximate surface area is 137 Å². The van der Waals surface area contributed by atoms with Crippen molar-refractivity contribution in [3.63, 3.8) is 0 Å². The lowest BCUT2D eigenvalue weighted by molar-refractivity contribution is 0.249. The largest absolute Gasteiger partial charge is 0.493 e. The maximum atomic E-state index is 6.10. The first-order valence-corrected chi connectivity index (χ1v) is 8.16. The van der Waals surface area contributed by atoms with E-state index < -0.39 is 0 Å². The highest BCUT2D eigenvalue weighted by Gasteiger charge is 2.33. The van der Waals surface area contributed by atoms with Crippen molar-refractivity contribution in [3.8, 4) is 5.75 Å². The molecule has 0 aliphatic carbocycles. The Balaban J connectivity index is 1.88. The van der Waals surface area contributed by atoms with Crippen LogP contribution in [0, 0.1) is 6.92 Å². The summed E-state index contributed by atoms with van der Waals surface area (Å²) in [5.74, 6) is 1.70. The average Bonchev–Trinajstić information content (AvgIpc) is 2.62. The Morgan fingerprint density at radius 3 is 2.13 bits per heavy atom. The van der Waals surface area contributed by atoms with E-state index in [2.05, 4.69) is 85.8 Å². The van der Waals surface area contributed by atoms with Crippen LogP contribution in [-0.2, 0) is 0 Å². The summed E-state index contributed by atoms with van der Waals surface area (Å²) < 4.78 is 6.10. The minimum Gasteiger partial charge on any atom is -0.493 e. The van der Waals surface area contributed by atoms with Crippen molar-refractivity contribution in [1.29, 1.82) is 0 Å². The first-order valence-electron chi connectivity index (χ1n) is 8.16. The van der Waals surface area contributed by atoms with Gasteiger partial charge in [-0.1, -0.05) is 78.4 Å². The summed E-state index contributed by atoms with van der Waals surface area (Å²) in [6, 6.07) is 28.1. The monoisotopic (exact) mass is 300 g/mol. The van der Waals surface area contributed by atoms with Crippen molar-refractivity contribution in [2.45, 2.75) is 18.8 Å². The van der Waals surface area contributed by atoms with E-state index in [1.54, 1.807) is 0 Å². The van der Waals surface area contributed by atoms with Crippen molar-refractivity contribution < 1.29 is 4.74 Å². The number of fused-ring (bicyclic) bond motifs is 1. The molecule has 0 aromatic heterocycles. The molecule has 0 radical (unpaired) electrons. The van der Waals surface area contributed by atoms with E-state index in [-0.39, 0.29) is 0 Å². The van der Waals surface area contributed by atoms with Crippen molar-refractivity contribution in [1.82, 2.24) is 0 Å². The van der Waals surface area contributed by atoms with E-state index in [0.717, 1.165) is 12.4 Å². The van der Waals surface area contributed by atoms with E-state index in [4.69, 9.17) is 4.74 Å². The van der Waals surface area contributed by atoms with Gasteiger partial charge in [0, 0.05) is 17.4 Å². The van der Waals surface area contributed by atoms with Crippen LogP contribution >= 0.6 is 0 Å². The first-order chi connectivity index (χ1) is 11.3. The molecule has 23 heavy (non-hydrogen) atoms. The third-order valence-electron chi connectivity index (χ3n) is 4.71. The zero-order valence-corrected chi connectivity index (χ0v) is 13.3. The molecule has 0 saturated heterocycles. The summed E-state index contributed by atoms with van der Waals surface area (Å²) in [5, 5.41) is 0. The summed E-state index contributed by atoms with van der Waals surface area (Å²) in [7, 11) is 0. The van der Waals surface area contributed by atoms with Crippen molar-refractivity contribution in [2.75, 3.05) is 6.61 Å². The summed E-state index contributed by atoms with van der Waals surface area (Å²) in [4.78, 5) is 0. The van der Waals surface area contributed by atoms with Crippen molar-refractivity contribution in [3.05, 3.63) is 101 Å². The highest BCUT2D eigenvalue weighted by molar-refractivity contribution is 5.49. The highest BCUT2D eigenvalue weighted by Crippen LogP contribution is 2.46. The number of hydrogen-bond acceptors (Lipinski definition) is 1. The zero-order valence-electron chi connectivity index (χ0n) is 13.3. The van der Waals surface area contributed by atoms with Crippen LogP contribution in [0.1, 0.15) is 34.1 Å². The van der Waals surface area contributed by atoms with Crippen molar-refractivity contribution in [2.24, 2.45) is 0 Å². The molecular weight excluding hydrogens is 280 g/mol. The maximum absolute atomic E-state index is 6.10. The summed E-state index contributed by atoms with van der Waals surface area (Å²) in [6.45, 7) is 2.87. The van der Waals surface area contributed by atoms with Gasteiger partial charge in [-0.2, -0.15) is 0 Å². The van der Waals surface area contributed by atoms with Gasteiger partial charge in [-0.3, -0.25) is 0 Å². The van der Waals surface area contributed by atoms with Gasteiger partial charge in [-0.15, -0.1) is 0 Å². The third-order valence-corrected chi connectivity index (χ3v) is 4.71. The fourth-order valence-electron chi connectivity index (χ4n) is 3.60. The van der Waals surface area contributed by atoms with E-state index in [1.807, 2.05) is 0 Å². The summed E-state index contributed by atoms with van der Waals surface area (Å²) >= 11 is 0. The molecule has 3 aromatic rings. The quantitative estimate of drug-likeness (QED) is 0.623. The van der Waals surface area contributed by atoms with Crippen LogP contribution in [-0.4, -0.2) is 6.61 Å². The third kappa shape index (κ3) is 2.63. The second-order valence-electron chi connectivity index (χ2n) is 6.26. The average molecular weight is 300 g/mol. The van der Waals surface area contributed by atoms with Gasteiger partial charge in [0.25, 0.3) is 0 Å². The van der Waals surface area contributed by atoms with Gasteiger partial charge in [0.15, 0.2) is 0 Å². The summed E-state index contributed by atoms with van der Waals surface area (Å²) in [5.41, 5.74) is 5.28. The topological polar surface area (TPSA) is 9.23 Å². The van der Waals surface area contributed by atoms with Gasteiger partial charge < -0.3 is 4.74 Å². The molecule has 2 atom stereocenters. The highest BCUT2D eigenvalue weighted by atomic mass is 16.5. The lowest BCUT2D eigenvalue weighted by Gasteiger charge is -2.34. The molecule has 1 aliphatic heterocycles. The summed E-state index contributed by atoms with van der Waals surface area (Å²) in [6.07, 6.45) is 0. The molecule has 4 rings (SSSR count). The smallest absolute Gasteiger partial charge is 0.123 e. The van der Waals surface area contributed by atoms with E-state index in [0.29, 0.717) is 11.8 Å². The molecule has 1 aliphatic rings. The van der Waals surface area contributed by atoms with E-state index >= 15 is 0 Å². The number of benzene rings is 3. The predicted molar refractivity (Wildman–Crippen MR) is 94.1 cm³/mol. The van der Waals surface area contributed by atoms with Gasteiger partial charge in [-0.05, 0) is 24.1 Å². The van der Waals surface area contributed by atoms with Crippen LogP contribution in [0.2, 0.25) is 0 Å². The predicted octanol–water partition coefficient (Wildman–Crippen LogP) is 5.30. The Morgan fingerprint density at radius 1 is 0.783 bits per heavy atom. The first kappa shape index (κ1) is 14.1. The van der Waals surface area contributed by atoms with Gasteiger partial charge in [0.2, 0.25) is 0 Å². The molecule has 0 bridgehead atoms. The minimum atomic E-state index is 0.335. The Bertz CT molecular complexity index is 793. The number of aryl methyl sites for hydroxylation is 1. The molecule has 0 unspecified atom stereocenters. The van der Waals surface area contributed by atoms with Gasteiger partial charge in [0.05, 0.1) is 6.61 Å². The molecule has 114 valence electrons. The van der Waals surface area contributed by atoms with Gasteiger partial charge in [0.1, 0.15) is 5.75 Å². The normalized spacial score (nSPS) is 19.7. The van der Waals surface area contributed by atoms with Crippen LogP contribution < -0.4 is 4.74 Å². The molecular formula is C22H20O. The van der Waals surface area contributed by atoms with Gasteiger partial charge >= 0.3 is 0 Å². The molecule has 0 spiro atoms. The van der Waals surface area contributed by atoms with Crippen LogP contribution in [0.4, 0.5) is 0 Å². The molecule has 0 fully saturated rings. The molecule has 1 heteroatoms. The standard InChI is InChI=1S/C22H20O/c1-16-12-13-21-19(14-16)22(18-10-6-3-7-11-18)20(15-23-21)17-8-4-2-5-9-17/h2-14,20,22H,15H2,1H3/t20-,22-/m1/s1. The molecule has 0 N–H and O–H groups in total. The number of hydrogen-bond donors (Lipinski definition) is 0. The van der Waals surface area contributed by atoms with Crippen LogP contribution in [0.3, 0.4) is 0 Å². The maximum Gasteiger partial charge on any atom is 0.123 e. The van der Waals surface area contributed by atoms with Crippen LogP contribution in [0.25, 0.3) is 0 Å². The molecule has 1 heterocycles. The van der Waals surface area contributed by atoms with Crippen LogP contribution in [0.15, 0.2) is 78.9 Å². The van der Waals surface area contributed by atoms with E-state index in [9.17, 15) is 0 Å². The van der Waals surface area contributed by atoms with E-state index in [1.165, 1.54) is 22.3 Å². The molecule has 0 amide bonds. The Hall–Kier alpha value is -2.54. The Kier molecular flexibility index (Phi) is 3.63. The fraction of sp³-hybridized carbons (Fsp3) is 0.182. The minimum absolute atomic E-state index is 0.335. The molecule has 3 aromatic carbocycles. The Morgan fingerprint density at radius 2 is 1.43 bits per heavy atom. The second kappa shape index (κ2) is 5.92. The lowest BCUT2D eigenvalue weighted by Crippen LogP contribution is -2.25. The van der Waals surface area contributed by atoms with Gasteiger partial charge in [-0.25, -0.2) is 0 Å². The second-order valence-corrected chi connectivity index (χ2v) is 6.26. The van der Waals surface area contributed by atoms with Crippen molar-refractivity contribution >= 4 is 0 Å². The van der Waals surface area contributed by atoms with Crippen LogP contribution in [0.5, 0.6) is 5.75 Å². The number of ether oxygens (including phenoxy) is 1. The zero-order chi connectivity index (χ0) is 15.6. The SMILES string of the molecule is Cc1ccc2c(c1)[C@@H](c1ccccc1)[C@@H](c1ccccc1)CO2. The molecule has 0 saturated carbocycles. The lowest BCUT2D eigenvalue weighted by atomic mass is 9.75. The fourth-order valence-corrected chi connectivity index (χ4v) is 3.60. The number of rotatable bonds is 2.